The van der Waals surface area contributed by atoms with Gasteiger partial charge in [-0.3, -0.25) is 4.79 Å². The van der Waals surface area contributed by atoms with E-state index in [9.17, 15) is 9.90 Å². The Balaban J connectivity index is 1.60. The maximum absolute atomic E-state index is 11.9. The van der Waals surface area contributed by atoms with E-state index in [1.54, 1.807) is 0 Å². The van der Waals surface area contributed by atoms with E-state index >= 15 is 0 Å². The number of aliphatic hydroxyl groups is 1. The van der Waals surface area contributed by atoms with Gasteiger partial charge in [-0.1, -0.05) is 18.4 Å². The second kappa shape index (κ2) is 7.76. The van der Waals surface area contributed by atoms with Gasteiger partial charge in [0, 0.05) is 11.8 Å². The summed E-state index contributed by atoms with van der Waals surface area (Å²) in [6.07, 6.45) is 17.0. The maximum atomic E-state index is 11.9. The van der Waals surface area contributed by atoms with Crippen molar-refractivity contribution < 1.29 is 19.4 Å². The van der Waals surface area contributed by atoms with Crippen molar-refractivity contribution in [2.45, 2.75) is 103 Å². The lowest BCUT2D eigenvalue weighted by molar-refractivity contribution is -0.341. The van der Waals surface area contributed by atoms with Crippen molar-refractivity contribution in [3.05, 3.63) is 11.6 Å². The Labute approximate surface area is 181 Å². The fraction of sp³-hybridized carbons (Fsp3) is 0.808. The van der Waals surface area contributed by atoms with Gasteiger partial charge in [-0.25, -0.2) is 0 Å². The van der Waals surface area contributed by atoms with Gasteiger partial charge in [0.25, 0.3) is 6.48 Å². The molecule has 0 aromatic rings. The number of carbonyl (C=O) groups is 1. The van der Waals surface area contributed by atoms with Crippen LogP contribution in [0.15, 0.2) is 11.6 Å². The summed E-state index contributed by atoms with van der Waals surface area (Å²) in [6.45, 7) is 6.64. The Morgan fingerprint density at radius 3 is 2.63 bits per heavy atom. The van der Waals surface area contributed by atoms with Crippen molar-refractivity contribution in [2.24, 2.45) is 29.1 Å². The van der Waals surface area contributed by atoms with Crippen molar-refractivity contribution >= 4 is 5.78 Å². The molecule has 0 aromatic heterocycles. The number of aliphatic hydroxyl groups excluding tert-OH is 1. The number of rotatable bonds is 4. The quantitative estimate of drug-likeness (QED) is 0.520. The van der Waals surface area contributed by atoms with Gasteiger partial charge in [-0.15, -0.1) is 6.42 Å². The molecule has 166 valence electrons. The zero-order valence-electron chi connectivity index (χ0n) is 19.1. The summed E-state index contributed by atoms with van der Waals surface area (Å²) in [5, 5.41) is 10.6. The molecule has 0 radical (unpaired) electrons. The van der Waals surface area contributed by atoms with Crippen LogP contribution in [-0.2, 0) is 14.3 Å². The molecule has 1 N–H and O–H groups in total. The highest BCUT2D eigenvalue weighted by Crippen LogP contribution is 2.67. The van der Waals surface area contributed by atoms with E-state index in [-0.39, 0.29) is 5.41 Å². The minimum absolute atomic E-state index is 0.114. The molecule has 0 aromatic carbocycles. The third-order valence-corrected chi connectivity index (χ3v) is 8.74. The molecule has 0 spiro atoms. The van der Waals surface area contributed by atoms with Gasteiger partial charge in [0.05, 0.1) is 5.60 Å². The van der Waals surface area contributed by atoms with E-state index in [1.165, 1.54) is 5.57 Å². The first-order valence-electron chi connectivity index (χ1n) is 11.9. The molecule has 0 heterocycles. The van der Waals surface area contributed by atoms with E-state index in [0.717, 1.165) is 51.4 Å². The summed E-state index contributed by atoms with van der Waals surface area (Å²) in [7, 11) is 0. The highest BCUT2D eigenvalue weighted by molar-refractivity contribution is 5.91. The number of carbonyl (C=O) groups excluding carboxylic acids is 1. The molecule has 0 saturated heterocycles. The molecule has 4 aliphatic rings. The van der Waals surface area contributed by atoms with Gasteiger partial charge in [-0.2, -0.15) is 0 Å². The van der Waals surface area contributed by atoms with Gasteiger partial charge < -0.3 is 14.6 Å². The molecular formula is C26H38O4. The Bertz CT molecular complexity index is 756. The molecule has 7 unspecified atom stereocenters. The van der Waals surface area contributed by atoms with Crippen LogP contribution in [0.5, 0.6) is 0 Å². The monoisotopic (exact) mass is 414 g/mol. The molecule has 4 nitrogen and oxygen atoms in total. The lowest BCUT2D eigenvalue weighted by Gasteiger charge is -2.56. The molecule has 3 fully saturated rings. The first kappa shape index (κ1) is 22.1. The smallest absolute Gasteiger partial charge is 0.271 e. The van der Waals surface area contributed by atoms with Gasteiger partial charge in [0.15, 0.2) is 5.78 Å². The minimum atomic E-state index is -1.31. The molecular weight excluding hydrogens is 376 g/mol. The molecule has 30 heavy (non-hydrogen) atoms. The van der Waals surface area contributed by atoms with Crippen LogP contribution >= 0.6 is 0 Å². The van der Waals surface area contributed by atoms with Crippen LogP contribution in [0.2, 0.25) is 0 Å². The van der Waals surface area contributed by atoms with E-state index in [2.05, 4.69) is 12.8 Å². The highest BCUT2D eigenvalue weighted by Gasteiger charge is 2.65. The lowest BCUT2D eigenvalue weighted by atomic mass is 9.49. The average Bonchev–Trinajstić information content (AvgIpc) is 3.01. The van der Waals surface area contributed by atoms with E-state index in [4.69, 9.17) is 15.9 Å². The summed E-state index contributed by atoms with van der Waals surface area (Å²) >= 11 is 0. The van der Waals surface area contributed by atoms with Crippen molar-refractivity contribution in [3.8, 4) is 12.3 Å². The number of hydrogen-bond acceptors (Lipinski definition) is 4. The predicted molar refractivity (Wildman–Crippen MR) is 116 cm³/mol. The van der Waals surface area contributed by atoms with Gasteiger partial charge >= 0.3 is 0 Å². The van der Waals surface area contributed by atoms with Crippen LogP contribution in [0.4, 0.5) is 0 Å². The summed E-state index contributed by atoms with van der Waals surface area (Å²) in [6, 6.07) is 0. The van der Waals surface area contributed by atoms with Gasteiger partial charge in [-0.05, 0) is 102 Å². The molecule has 0 bridgehead atoms. The molecule has 4 heteroatoms. The second-order valence-electron chi connectivity index (χ2n) is 11.0. The summed E-state index contributed by atoms with van der Waals surface area (Å²) in [5.74, 6) is 5.72. The first-order chi connectivity index (χ1) is 14.1. The van der Waals surface area contributed by atoms with Gasteiger partial charge in [0.2, 0.25) is 0 Å². The number of terminal acetylenes is 1. The van der Waals surface area contributed by atoms with Crippen molar-refractivity contribution in [1.29, 1.82) is 0 Å². The van der Waals surface area contributed by atoms with Crippen LogP contribution in [0, 0.1) is 41.4 Å². The Morgan fingerprint density at radius 2 is 1.97 bits per heavy atom. The summed E-state index contributed by atoms with van der Waals surface area (Å²) in [4.78, 5) is 11.9. The number of fused-ring (bicyclic) bond motifs is 5. The minimum Gasteiger partial charge on any atom is -0.346 e. The zero-order valence-corrected chi connectivity index (χ0v) is 19.1. The number of allylic oxidation sites excluding steroid dienone is 1. The number of ether oxygens (including phenoxy) is 2. The number of ketones is 1. The topological polar surface area (TPSA) is 55.8 Å². The molecule has 0 aliphatic heterocycles. The molecule has 4 rings (SSSR count). The first-order valence-corrected chi connectivity index (χ1v) is 11.9. The summed E-state index contributed by atoms with van der Waals surface area (Å²) in [5.41, 5.74) is 0.00901. The van der Waals surface area contributed by atoms with Crippen LogP contribution in [-0.4, -0.2) is 28.6 Å². The zero-order chi connectivity index (χ0) is 21.7. The highest BCUT2D eigenvalue weighted by atomic mass is 16.8. The van der Waals surface area contributed by atoms with Crippen molar-refractivity contribution in [2.75, 3.05) is 0 Å². The second-order valence-corrected chi connectivity index (χ2v) is 11.0. The molecule has 7 atom stereocenters. The standard InChI is InChI=1S/C26H38O4/c1-6-25-14-12-20-19-11-9-18(27)16-17(19)8-10-21(20)22(25)13-15-26(25,7-2)30-23(28)29-24(3,4)5/h2,16,19-23,28H,6,8-15H2,1,3-5H3. The van der Waals surface area contributed by atoms with E-state index < -0.39 is 17.7 Å². The summed E-state index contributed by atoms with van der Waals surface area (Å²) < 4.78 is 11.9. The fourth-order valence-corrected chi connectivity index (χ4v) is 7.64. The Kier molecular flexibility index (Phi) is 5.71. The Morgan fingerprint density at radius 1 is 1.20 bits per heavy atom. The molecule has 3 saturated carbocycles. The van der Waals surface area contributed by atoms with Crippen molar-refractivity contribution in [3.63, 3.8) is 0 Å². The van der Waals surface area contributed by atoms with E-state index in [1.807, 2.05) is 26.8 Å². The van der Waals surface area contributed by atoms with E-state index in [0.29, 0.717) is 35.9 Å². The maximum Gasteiger partial charge on any atom is 0.271 e. The van der Waals surface area contributed by atoms with Crippen LogP contribution < -0.4 is 0 Å². The molecule has 0 amide bonds. The largest absolute Gasteiger partial charge is 0.346 e. The molecule has 4 aliphatic carbocycles. The predicted octanol–water partition coefficient (Wildman–Crippen LogP) is 5.00. The average molecular weight is 415 g/mol. The third-order valence-electron chi connectivity index (χ3n) is 8.74. The third kappa shape index (κ3) is 3.48. The van der Waals surface area contributed by atoms with Crippen molar-refractivity contribution in [1.82, 2.24) is 0 Å². The Hall–Kier alpha value is -1.15. The number of hydrogen-bond donors (Lipinski definition) is 1. The van der Waals surface area contributed by atoms with Crippen LogP contribution in [0.1, 0.15) is 85.5 Å². The lowest BCUT2D eigenvalue weighted by Crippen LogP contribution is -2.56. The van der Waals surface area contributed by atoms with Gasteiger partial charge in [0.1, 0.15) is 5.60 Å². The fourth-order valence-electron chi connectivity index (χ4n) is 7.64. The normalized spacial score (nSPS) is 41.9. The van der Waals surface area contributed by atoms with Crippen LogP contribution in [0.25, 0.3) is 0 Å². The van der Waals surface area contributed by atoms with Crippen LogP contribution in [0.3, 0.4) is 0 Å². The SMILES string of the molecule is C#CC1(OC(O)OC(C)(C)C)CCC2C3CCC4=CC(=O)CCC4C3CCC21CC.